The minimum Gasteiger partial charge on any atom is -0.394 e. The van der Waals surface area contributed by atoms with E-state index in [-0.39, 0.29) is 29.6 Å². The van der Waals surface area contributed by atoms with Crippen LogP contribution < -0.4 is 0 Å². The Hall–Kier alpha value is -0.570. The molecular weight excluding hydrogens is 304 g/mol. The number of hydrogen-bond donors (Lipinski definition) is 4. The maximum absolute atomic E-state index is 12.4. The molecule has 5 rings (SSSR count). The molecule has 23 heavy (non-hydrogen) atoms. The average Bonchev–Trinajstić information content (AvgIpc) is 2.54. The summed E-state index contributed by atoms with van der Waals surface area (Å²) in [7, 11) is 0. The van der Waals surface area contributed by atoms with Crippen LogP contribution in [0.1, 0.15) is 25.7 Å². The first kappa shape index (κ1) is 15.9. The van der Waals surface area contributed by atoms with Crippen LogP contribution in [-0.4, -0.2) is 69.6 Å². The minimum absolute atomic E-state index is 0.154. The number of Topliss-reactive ketones (excluding diaryl/α,β-unsaturated/α-hetero) is 1. The number of hydrogen-bond acceptors (Lipinski definition) is 7. The molecular formula is C16H24O7. The van der Waals surface area contributed by atoms with Crippen LogP contribution >= 0.6 is 0 Å². The molecule has 1 aliphatic heterocycles. The summed E-state index contributed by atoms with van der Waals surface area (Å²) in [5.41, 5.74) is 0. The summed E-state index contributed by atoms with van der Waals surface area (Å²) in [6, 6.07) is 0. The highest BCUT2D eigenvalue weighted by Crippen LogP contribution is 2.53. The Labute approximate surface area is 134 Å². The zero-order valence-electron chi connectivity index (χ0n) is 12.8. The van der Waals surface area contributed by atoms with Crippen LogP contribution in [0.4, 0.5) is 0 Å². The summed E-state index contributed by atoms with van der Waals surface area (Å²) in [6.07, 6.45) is -2.99. The van der Waals surface area contributed by atoms with E-state index in [4.69, 9.17) is 9.47 Å². The molecule has 0 spiro atoms. The number of carbonyl (C=O) groups excluding carboxylic acids is 1. The molecule has 0 aromatic rings. The first-order chi connectivity index (χ1) is 11.0. The molecule has 5 fully saturated rings. The topological polar surface area (TPSA) is 116 Å². The lowest BCUT2D eigenvalue weighted by atomic mass is 9.54. The number of aliphatic hydroxyl groups excluding tert-OH is 4. The summed E-state index contributed by atoms with van der Waals surface area (Å²) in [6.45, 7) is -0.481. The van der Waals surface area contributed by atoms with Crippen molar-refractivity contribution in [2.75, 3.05) is 6.61 Å². The van der Waals surface area contributed by atoms with Gasteiger partial charge in [-0.2, -0.15) is 0 Å². The number of aliphatic hydroxyl groups is 4. The van der Waals surface area contributed by atoms with Gasteiger partial charge in [0.15, 0.2) is 6.29 Å². The van der Waals surface area contributed by atoms with E-state index in [9.17, 15) is 25.2 Å². The predicted molar refractivity (Wildman–Crippen MR) is 76.1 cm³/mol. The molecule has 0 aromatic carbocycles. The molecule has 4 bridgehead atoms. The molecule has 4 N–H and O–H groups in total. The van der Waals surface area contributed by atoms with Crippen LogP contribution in [0.25, 0.3) is 0 Å². The van der Waals surface area contributed by atoms with Crippen molar-refractivity contribution in [2.24, 2.45) is 23.7 Å². The second-order valence-electron chi connectivity index (χ2n) is 7.57. The highest BCUT2D eigenvalue weighted by molar-refractivity contribution is 5.86. The third kappa shape index (κ3) is 2.45. The summed E-state index contributed by atoms with van der Waals surface area (Å²) in [5, 5.41) is 39.0. The monoisotopic (exact) mass is 328 g/mol. The van der Waals surface area contributed by atoms with Gasteiger partial charge in [-0.1, -0.05) is 0 Å². The predicted octanol–water partition coefficient (Wildman–Crippen LogP) is -1.19. The van der Waals surface area contributed by atoms with E-state index in [2.05, 4.69) is 0 Å². The van der Waals surface area contributed by atoms with E-state index >= 15 is 0 Å². The van der Waals surface area contributed by atoms with Gasteiger partial charge in [-0.3, -0.25) is 4.79 Å². The molecule has 130 valence electrons. The lowest BCUT2D eigenvalue weighted by Gasteiger charge is -2.54. The highest BCUT2D eigenvalue weighted by Gasteiger charge is 2.55. The number of ketones is 1. The number of ether oxygens (including phenoxy) is 2. The van der Waals surface area contributed by atoms with Crippen molar-refractivity contribution in [1.82, 2.24) is 0 Å². The summed E-state index contributed by atoms with van der Waals surface area (Å²) in [5.74, 6) is 1.14. The Balaban J connectivity index is 1.50. The zero-order chi connectivity index (χ0) is 16.3. The first-order valence-electron chi connectivity index (χ1n) is 8.49. The van der Waals surface area contributed by atoms with E-state index in [1.54, 1.807) is 0 Å². The molecule has 7 nitrogen and oxygen atoms in total. The second-order valence-corrected chi connectivity index (χ2v) is 7.57. The molecule has 4 aliphatic carbocycles. The van der Waals surface area contributed by atoms with Gasteiger partial charge in [0.05, 0.1) is 12.7 Å². The van der Waals surface area contributed by atoms with Crippen molar-refractivity contribution in [1.29, 1.82) is 0 Å². The third-order valence-electron chi connectivity index (χ3n) is 6.20. The standard InChI is InChI=1S/C16H24O7/c17-5-10-12(19)13(20)14(21)16(22-10)23-15-8-2-6-1-7(4-8)11(18)9(15)3-6/h6-10,12-17,19-21H,1-5H2/t6-,7+,8-,9+,10-,12-,13+,14-,15?,16+/m1/s1. The summed E-state index contributed by atoms with van der Waals surface area (Å²) in [4.78, 5) is 12.4. The largest absolute Gasteiger partial charge is 0.394 e. The second kappa shape index (κ2) is 5.75. The van der Waals surface area contributed by atoms with Crippen LogP contribution in [-0.2, 0) is 14.3 Å². The zero-order valence-corrected chi connectivity index (χ0v) is 12.8. The van der Waals surface area contributed by atoms with Gasteiger partial charge in [0.25, 0.3) is 0 Å². The Kier molecular flexibility index (Phi) is 3.98. The maximum Gasteiger partial charge on any atom is 0.187 e. The van der Waals surface area contributed by atoms with Gasteiger partial charge in [0.1, 0.15) is 30.2 Å². The highest BCUT2D eigenvalue weighted by atomic mass is 16.7. The van der Waals surface area contributed by atoms with Crippen molar-refractivity contribution in [3.05, 3.63) is 0 Å². The van der Waals surface area contributed by atoms with Gasteiger partial charge in [-0.15, -0.1) is 0 Å². The third-order valence-corrected chi connectivity index (χ3v) is 6.20. The van der Waals surface area contributed by atoms with Gasteiger partial charge >= 0.3 is 0 Å². The van der Waals surface area contributed by atoms with E-state index < -0.39 is 37.3 Å². The molecule has 7 heteroatoms. The van der Waals surface area contributed by atoms with E-state index in [1.165, 1.54) is 0 Å². The molecule has 1 heterocycles. The Morgan fingerprint density at radius 3 is 2.57 bits per heavy atom. The molecule has 5 aliphatic rings. The SMILES string of the molecule is O=C1[C@H]2C[C@@H]3C[C@H](C2)C(O[C@@H]2O[C@H](CO)[C@@H](O)[C@H](O)[C@H]2O)[C@H]1C3. The molecule has 0 radical (unpaired) electrons. The molecule has 0 amide bonds. The molecule has 1 unspecified atom stereocenters. The number of carbonyl (C=O) groups is 1. The van der Waals surface area contributed by atoms with Crippen LogP contribution in [0, 0.1) is 23.7 Å². The van der Waals surface area contributed by atoms with Crippen molar-refractivity contribution >= 4 is 5.78 Å². The Bertz CT molecular complexity index is 481. The van der Waals surface area contributed by atoms with Crippen molar-refractivity contribution in [3.63, 3.8) is 0 Å². The van der Waals surface area contributed by atoms with E-state index in [1.807, 2.05) is 0 Å². The van der Waals surface area contributed by atoms with Crippen molar-refractivity contribution in [2.45, 2.75) is 62.5 Å². The molecule has 0 aromatic heterocycles. The Morgan fingerprint density at radius 1 is 1.04 bits per heavy atom. The van der Waals surface area contributed by atoms with Crippen molar-refractivity contribution < 1.29 is 34.7 Å². The minimum atomic E-state index is -1.45. The van der Waals surface area contributed by atoms with E-state index in [0.717, 1.165) is 25.7 Å². The quantitative estimate of drug-likeness (QED) is 0.514. The Morgan fingerprint density at radius 2 is 1.83 bits per heavy atom. The van der Waals surface area contributed by atoms with Gasteiger partial charge in [0, 0.05) is 11.8 Å². The van der Waals surface area contributed by atoms with Crippen LogP contribution in [0.3, 0.4) is 0 Å². The van der Waals surface area contributed by atoms with Gasteiger partial charge in [-0.05, 0) is 37.5 Å². The smallest absolute Gasteiger partial charge is 0.187 e. The lowest BCUT2D eigenvalue weighted by molar-refractivity contribution is -0.323. The fraction of sp³-hybridized carbons (Fsp3) is 0.938. The molecule has 1 saturated heterocycles. The fourth-order valence-electron chi connectivity index (χ4n) is 5.12. The van der Waals surface area contributed by atoms with Crippen LogP contribution in [0.15, 0.2) is 0 Å². The van der Waals surface area contributed by atoms with Crippen LogP contribution in [0.2, 0.25) is 0 Å². The normalized spacial score (nSPS) is 55.4. The van der Waals surface area contributed by atoms with Gasteiger partial charge < -0.3 is 29.9 Å². The summed E-state index contributed by atoms with van der Waals surface area (Å²) < 4.78 is 11.4. The fourth-order valence-corrected chi connectivity index (χ4v) is 5.12. The van der Waals surface area contributed by atoms with Gasteiger partial charge in [0.2, 0.25) is 0 Å². The lowest BCUT2D eigenvalue weighted by Crippen LogP contribution is -2.62. The average molecular weight is 328 g/mol. The molecule has 4 saturated carbocycles. The van der Waals surface area contributed by atoms with Crippen molar-refractivity contribution in [3.8, 4) is 0 Å². The summed E-state index contributed by atoms with van der Waals surface area (Å²) >= 11 is 0. The number of rotatable bonds is 3. The molecule has 10 atom stereocenters. The van der Waals surface area contributed by atoms with E-state index in [0.29, 0.717) is 5.92 Å². The van der Waals surface area contributed by atoms with Crippen LogP contribution in [0.5, 0.6) is 0 Å². The maximum atomic E-state index is 12.4. The van der Waals surface area contributed by atoms with Gasteiger partial charge in [-0.25, -0.2) is 0 Å². The first-order valence-corrected chi connectivity index (χ1v) is 8.49.